The first kappa shape index (κ1) is 15.8. The molecule has 0 saturated heterocycles. The Morgan fingerprint density at radius 1 is 1.28 bits per heavy atom. The molecule has 1 aromatic rings. The number of alkyl halides is 1. The van der Waals surface area contributed by atoms with Crippen LogP contribution in [0.3, 0.4) is 0 Å². The van der Waals surface area contributed by atoms with Crippen LogP contribution >= 0.6 is 22.6 Å². The van der Waals surface area contributed by atoms with Crippen molar-refractivity contribution in [2.24, 2.45) is 0 Å². The molecule has 0 amide bonds. The summed E-state index contributed by atoms with van der Waals surface area (Å²) in [5.41, 5.74) is 0.552. The Labute approximate surface area is 121 Å². The summed E-state index contributed by atoms with van der Waals surface area (Å²) < 4.78 is 40.6. The summed E-state index contributed by atoms with van der Waals surface area (Å²) in [6.07, 6.45) is 2.88. The first-order valence-corrected chi connectivity index (χ1v) is 8.80. The fraction of sp³-hybridized carbons (Fsp3) is 0.500. The summed E-state index contributed by atoms with van der Waals surface area (Å²) in [4.78, 5) is 0.0244. The van der Waals surface area contributed by atoms with Crippen LogP contribution in [-0.4, -0.2) is 19.4 Å². The summed E-state index contributed by atoms with van der Waals surface area (Å²) in [7, 11) is -3.59. The van der Waals surface area contributed by atoms with Gasteiger partial charge < -0.3 is 0 Å². The number of aryl methyl sites for hydroxylation is 1. The molecule has 0 atom stereocenters. The van der Waals surface area contributed by atoms with E-state index in [1.807, 2.05) is 0 Å². The largest absolute Gasteiger partial charge is 0.240 e. The average Bonchev–Trinajstić information content (AvgIpc) is 2.32. The summed E-state index contributed by atoms with van der Waals surface area (Å²) in [6.45, 7) is 2.05. The van der Waals surface area contributed by atoms with Gasteiger partial charge in [0, 0.05) is 6.54 Å². The Balaban J connectivity index is 2.66. The minimum atomic E-state index is -3.59. The van der Waals surface area contributed by atoms with Crippen molar-refractivity contribution in [2.75, 3.05) is 11.0 Å². The van der Waals surface area contributed by atoms with Crippen LogP contribution in [0, 0.1) is 12.7 Å². The van der Waals surface area contributed by atoms with Gasteiger partial charge in [-0.2, -0.15) is 0 Å². The highest BCUT2D eigenvalue weighted by molar-refractivity contribution is 14.1. The zero-order chi connectivity index (χ0) is 13.6. The molecule has 6 heteroatoms. The molecule has 0 unspecified atom stereocenters. The van der Waals surface area contributed by atoms with E-state index >= 15 is 0 Å². The van der Waals surface area contributed by atoms with Crippen molar-refractivity contribution >= 4 is 32.6 Å². The van der Waals surface area contributed by atoms with Gasteiger partial charge in [-0.3, -0.25) is 0 Å². The van der Waals surface area contributed by atoms with Crippen molar-refractivity contribution in [3.63, 3.8) is 0 Å². The predicted octanol–water partition coefficient (Wildman–Crippen LogP) is 3.02. The fourth-order valence-corrected chi connectivity index (χ4v) is 3.41. The molecule has 1 aromatic carbocycles. The van der Waals surface area contributed by atoms with Crippen molar-refractivity contribution in [3.8, 4) is 0 Å². The van der Waals surface area contributed by atoms with Crippen molar-refractivity contribution < 1.29 is 12.8 Å². The zero-order valence-corrected chi connectivity index (χ0v) is 13.2. The topological polar surface area (TPSA) is 46.2 Å². The molecule has 3 nitrogen and oxygen atoms in total. The lowest BCUT2D eigenvalue weighted by atomic mass is 10.2. The molecular weight excluding hydrogens is 368 g/mol. The van der Waals surface area contributed by atoms with Gasteiger partial charge >= 0.3 is 0 Å². The second kappa shape index (κ2) is 7.40. The lowest BCUT2D eigenvalue weighted by Gasteiger charge is -2.09. The SMILES string of the molecule is Cc1ccc(F)cc1S(=O)(=O)NCCCCCI. The Morgan fingerprint density at radius 2 is 2.00 bits per heavy atom. The van der Waals surface area contributed by atoms with Gasteiger partial charge in [-0.05, 0) is 41.9 Å². The number of unbranched alkanes of at least 4 members (excludes halogenated alkanes) is 2. The van der Waals surface area contributed by atoms with E-state index in [1.54, 1.807) is 6.92 Å². The van der Waals surface area contributed by atoms with Crippen LogP contribution in [0.2, 0.25) is 0 Å². The van der Waals surface area contributed by atoms with Gasteiger partial charge in [0.25, 0.3) is 0 Å². The van der Waals surface area contributed by atoms with E-state index in [0.29, 0.717) is 12.1 Å². The quantitative estimate of drug-likeness (QED) is 0.446. The van der Waals surface area contributed by atoms with Gasteiger partial charge in [-0.25, -0.2) is 17.5 Å². The average molecular weight is 385 g/mol. The Hall–Kier alpha value is -0.210. The molecule has 1 N–H and O–H groups in total. The van der Waals surface area contributed by atoms with E-state index in [4.69, 9.17) is 0 Å². The van der Waals surface area contributed by atoms with E-state index in [2.05, 4.69) is 27.3 Å². The Morgan fingerprint density at radius 3 is 2.67 bits per heavy atom. The molecule has 0 heterocycles. The lowest BCUT2D eigenvalue weighted by Crippen LogP contribution is -2.25. The zero-order valence-electron chi connectivity index (χ0n) is 10.2. The number of hydrogen-bond acceptors (Lipinski definition) is 2. The number of benzene rings is 1. The number of rotatable bonds is 7. The predicted molar refractivity (Wildman–Crippen MR) is 79.1 cm³/mol. The standard InChI is InChI=1S/C12H17FINO2S/c1-10-5-6-11(13)9-12(10)18(16,17)15-8-4-2-3-7-14/h5-6,9,15H,2-4,7-8H2,1H3. The molecule has 1 rings (SSSR count). The maximum Gasteiger partial charge on any atom is 0.240 e. The van der Waals surface area contributed by atoms with Gasteiger partial charge in [-0.15, -0.1) is 0 Å². The molecule has 18 heavy (non-hydrogen) atoms. The maximum atomic E-state index is 13.1. The minimum Gasteiger partial charge on any atom is -0.211 e. The minimum absolute atomic E-state index is 0.0244. The highest BCUT2D eigenvalue weighted by Gasteiger charge is 2.16. The summed E-state index contributed by atoms with van der Waals surface area (Å²) in [5, 5.41) is 0. The molecule has 0 radical (unpaired) electrons. The van der Waals surface area contributed by atoms with Crippen LogP contribution in [0.4, 0.5) is 4.39 Å². The monoisotopic (exact) mass is 385 g/mol. The van der Waals surface area contributed by atoms with Gasteiger partial charge in [0.2, 0.25) is 10.0 Å². The van der Waals surface area contributed by atoms with E-state index < -0.39 is 15.8 Å². The van der Waals surface area contributed by atoms with Gasteiger partial charge in [0.1, 0.15) is 5.82 Å². The van der Waals surface area contributed by atoms with E-state index in [9.17, 15) is 12.8 Å². The normalized spacial score (nSPS) is 11.7. The van der Waals surface area contributed by atoms with Crippen LogP contribution in [0.1, 0.15) is 24.8 Å². The first-order chi connectivity index (χ1) is 8.47. The highest BCUT2D eigenvalue weighted by Crippen LogP contribution is 2.16. The summed E-state index contributed by atoms with van der Waals surface area (Å²) in [6, 6.07) is 3.79. The molecule has 0 aliphatic rings. The molecular formula is C12H17FINO2S. The molecule has 0 fully saturated rings. The van der Waals surface area contributed by atoms with E-state index in [1.165, 1.54) is 12.1 Å². The molecule has 0 saturated carbocycles. The smallest absolute Gasteiger partial charge is 0.211 e. The number of sulfonamides is 1. The maximum absolute atomic E-state index is 13.1. The van der Waals surface area contributed by atoms with Crippen molar-refractivity contribution in [3.05, 3.63) is 29.6 Å². The van der Waals surface area contributed by atoms with Crippen LogP contribution in [-0.2, 0) is 10.0 Å². The van der Waals surface area contributed by atoms with Crippen LogP contribution in [0.5, 0.6) is 0 Å². The van der Waals surface area contributed by atoms with E-state index in [-0.39, 0.29) is 4.90 Å². The van der Waals surface area contributed by atoms with Crippen molar-refractivity contribution in [1.82, 2.24) is 4.72 Å². The van der Waals surface area contributed by atoms with Crippen LogP contribution in [0.25, 0.3) is 0 Å². The van der Waals surface area contributed by atoms with Crippen molar-refractivity contribution in [1.29, 1.82) is 0 Å². The van der Waals surface area contributed by atoms with Crippen LogP contribution < -0.4 is 4.72 Å². The summed E-state index contributed by atoms with van der Waals surface area (Å²) >= 11 is 2.29. The molecule has 102 valence electrons. The van der Waals surface area contributed by atoms with Gasteiger partial charge in [0.05, 0.1) is 4.90 Å². The van der Waals surface area contributed by atoms with Gasteiger partial charge in [-0.1, -0.05) is 35.1 Å². The third-order valence-corrected chi connectivity index (χ3v) is 4.91. The van der Waals surface area contributed by atoms with Crippen molar-refractivity contribution in [2.45, 2.75) is 31.1 Å². The third-order valence-electron chi connectivity index (χ3n) is 2.54. The molecule has 0 aromatic heterocycles. The fourth-order valence-electron chi connectivity index (χ4n) is 1.54. The molecule has 0 aliphatic carbocycles. The second-order valence-electron chi connectivity index (χ2n) is 4.06. The summed E-state index contributed by atoms with van der Waals surface area (Å²) in [5.74, 6) is -0.536. The Kier molecular flexibility index (Phi) is 6.51. The third kappa shape index (κ3) is 4.81. The molecule has 0 spiro atoms. The lowest BCUT2D eigenvalue weighted by molar-refractivity contribution is 0.572. The number of halogens is 2. The number of hydrogen-bond donors (Lipinski definition) is 1. The van der Waals surface area contributed by atoms with E-state index in [0.717, 1.165) is 29.8 Å². The second-order valence-corrected chi connectivity index (χ2v) is 6.87. The highest BCUT2D eigenvalue weighted by atomic mass is 127. The first-order valence-electron chi connectivity index (χ1n) is 5.79. The Bertz CT molecular complexity index is 491. The van der Waals surface area contributed by atoms with Crippen LogP contribution in [0.15, 0.2) is 23.1 Å². The molecule has 0 bridgehead atoms. The number of nitrogens with one attached hydrogen (secondary N) is 1. The van der Waals surface area contributed by atoms with Gasteiger partial charge in [0.15, 0.2) is 0 Å². The molecule has 0 aliphatic heterocycles.